The van der Waals surface area contributed by atoms with Crippen LogP contribution in [0.4, 0.5) is 0 Å². The van der Waals surface area contributed by atoms with Crippen LogP contribution in [0.25, 0.3) is 0 Å². The fraction of sp³-hybridized carbons (Fsp3) is 0.800. The molecule has 1 rings (SSSR count). The van der Waals surface area contributed by atoms with E-state index in [2.05, 4.69) is 40.5 Å². The van der Waals surface area contributed by atoms with Crippen LogP contribution in [0.1, 0.15) is 34.6 Å². The third-order valence-corrected chi connectivity index (χ3v) is 4.29. The van der Waals surface area contributed by atoms with Crippen molar-refractivity contribution >= 4 is 0 Å². The Morgan fingerprint density at radius 2 is 1.18 bits per heavy atom. The molecule has 1 heteroatoms. The minimum Gasteiger partial charge on any atom is -0.119 e. The van der Waals surface area contributed by atoms with Crippen molar-refractivity contribution < 1.29 is 18.6 Å². The molecule has 0 unspecified atom stereocenters. The number of hydrogen-bond donors (Lipinski definition) is 0. The van der Waals surface area contributed by atoms with Crippen molar-refractivity contribution in [3.05, 3.63) is 0 Å². The molecule has 0 heterocycles. The molecule has 0 aromatic heterocycles. The standard InChI is InChI=1S/C10H16.V/c1-7-10(6)8(2,3)9(10,4)5;/h1H,2-6H3;. The zero-order chi connectivity index (χ0) is 8.21. The smallest absolute Gasteiger partial charge is 0.0396 e. The van der Waals surface area contributed by atoms with Crippen LogP contribution in [-0.2, 0) is 18.6 Å². The molecular formula is C10H16V. The fourth-order valence-electron chi connectivity index (χ4n) is 1.95. The van der Waals surface area contributed by atoms with Gasteiger partial charge in [-0.1, -0.05) is 33.6 Å². The van der Waals surface area contributed by atoms with Gasteiger partial charge in [0.1, 0.15) is 0 Å². The van der Waals surface area contributed by atoms with Crippen LogP contribution in [-0.4, -0.2) is 0 Å². The molecule has 0 amide bonds. The van der Waals surface area contributed by atoms with Crippen LogP contribution >= 0.6 is 0 Å². The van der Waals surface area contributed by atoms with Crippen LogP contribution in [0.2, 0.25) is 0 Å². The summed E-state index contributed by atoms with van der Waals surface area (Å²) in [5.41, 5.74) is 0.740. The van der Waals surface area contributed by atoms with Gasteiger partial charge in [0.25, 0.3) is 0 Å². The Labute approximate surface area is 82.0 Å². The quantitative estimate of drug-likeness (QED) is 0.511. The summed E-state index contributed by atoms with van der Waals surface area (Å²) < 4.78 is 0. The molecule has 1 radical (unpaired) electrons. The van der Waals surface area contributed by atoms with E-state index in [0.29, 0.717) is 10.8 Å². The zero-order valence-electron chi connectivity index (χ0n) is 8.02. The van der Waals surface area contributed by atoms with E-state index in [9.17, 15) is 0 Å². The molecule has 11 heavy (non-hydrogen) atoms. The van der Waals surface area contributed by atoms with Crippen molar-refractivity contribution in [2.45, 2.75) is 34.6 Å². The number of terminal acetylenes is 1. The molecular weight excluding hydrogens is 171 g/mol. The molecule has 1 aliphatic carbocycles. The topological polar surface area (TPSA) is 0 Å². The van der Waals surface area contributed by atoms with Gasteiger partial charge in [-0.2, -0.15) is 0 Å². The third-order valence-electron chi connectivity index (χ3n) is 4.29. The van der Waals surface area contributed by atoms with E-state index in [1.54, 1.807) is 0 Å². The summed E-state index contributed by atoms with van der Waals surface area (Å²) >= 11 is 0. The van der Waals surface area contributed by atoms with Crippen molar-refractivity contribution in [2.24, 2.45) is 16.2 Å². The number of hydrogen-bond acceptors (Lipinski definition) is 0. The molecule has 0 aromatic rings. The van der Waals surface area contributed by atoms with Crippen molar-refractivity contribution in [1.82, 2.24) is 0 Å². The summed E-state index contributed by atoms with van der Waals surface area (Å²) in [5.74, 6) is 2.90. The third kappa shape index (κ3) is 0.849. The minimum atomic E-state index is 0. The molecule has 0 spiro atoms. The molecule has 61 valence electrons. The van der Waals surface area contributed by atoms with E-state index >= 15 is 0 Å². The second-order valence-electron chi connectivity index (χ2n) is 4.52. The molecule has 0 N–H and O–H groups in total. The van der Waals surface area contributed by atoms with Gasteiger partial charge >= 0.3 is 0 Å². The maximum Gasteiger partial charge on any atom is 0.0396 e. The van der Waals surface area contributed by atoms with E-state index in [-0.39, 0.29) is 24.0 Å². The molecule has 1 fully saturated rings. The van der Waals surface area contributed by atoms with Crippen molar-refractivity contribution in [3.63, 3.8) is 0 Å². The van der Waals surface area contributed by atoms with Crippen LogP contribution in [0.5, 0.6) is 0 Å². The van der Waals surface area contributed by atoms with Gasteiger partial charge in [-0.05, 0) is 17.8 Å². The first kappa shape index (κ1) is 11.1. The fourth-order valence-corrected chi connectivity index (χ4v) is 1.95. The van der Waals surface area contributed by atoms with Crippen LogP contribution in [0.15, 0.2) is 0 Å². The SMILES string of the molecule is C#CC1(C)C(C)(C)C1(C)C.[V]. The zero-order valence-corrected chi connectivity index (χ0v) is 9.42. The first-order valence-electron chi connectivity index (χ1n) is 3.79. The predicted octanol–water partition coefficient (Wildman–Crippen LogP) is 2.69. The maximum absolute atomic E-state index is 5.47. The van der Waals surface area contributed by atoms with Gasteiger partial charge in [-0.3, -0.25) is 0 Å². The number of rotatable bonds is 0. The minimum absolute atomic E-state index is 0. The average molecular weight is 187 g/mol. The second kappa shape index (κ2) is 2.31. The molecule has 0 nitrogen and oxygen atoms in total. The van der Waals surface area contributed by atoms with Gasteiger partial charge in [-0.25, -0.2) is 0 Å². The summed E-state index contributed by atoms with van der Waals surface area (Å²) in [5, 5.41) is 0. The molecule has 0 saturated heterocycles. The summed E-state index contributed by atoms with van der Waals surface area (Å²) in [4.78, 5) is 0. The second-order valence-corrected chi connectivity index (χ2v) is 4.52. The Morgan fingerprint density at radius 1 is 0.909 bits per heavy atom. The summed E-state index contributed by atoms with van der Waals surface area (Å²) in [7, 11) is 0. The Bertz CT molecular complexity index is 191. The summed E-state index contributed by atoms with van der Waals surface area (Å²) in [6, 6.07) is 0. The Balaban J connectivity index is 0.000001000. The van der Waals surface area contributed by atoms with Gasteiger partial charge in [0.05, 0.1) is 0 Å². The average Bonchev–Trinajstić information content (AvgIpc) is 2.11. The molecule has 1 aliphatic rings. The van der Waals surface area contributed by atoms with Gasteiger partial charge in [-0.15, -0.1) is 6.42 Å². The molecule has 0 aromatic carbocycles. The van der Waals surface area contributed by atoms with E-state index in [1.807, 2.05) is 0 Å². The van der Waals surface area contributed by atoms with E-state index in [1.165, 1.54) is 0 Å². The Morgan fingerprint density at radius 3 is 1.18 bits per heavy atom. The van der Waals surface area contributed by atoms with E-state index in [0.717, 1.165) is 0 Å². The monoisotopic (exact) mass is 187 g/mol. The first-order valence-corrected chi connectivity index (χ1v) is 3.79. The van der Waals surface area contributed by atoms with Crippen LogP contribution < -0.4 is 0 Å². The summed E-state index contributed by atoms with van der Waals surface area (Å²) in [6.07, 6.45) is 5.47. The van der Waals surface area contributed by atoms with Gasteiger partial charge in [0.15, 0.2) is 0 Å². The summed E-state index contributed by atoms with van der Waals surface area (Å²) in [6.45, 7) is 11.1. The van der Waals surface area contributed by atoms with Gasteiger partial charge in [0.2, 0.25) is 0 Å². The Kier molecular flexibility index (Phi) is 2.34. The maximum atomic E-state index is 5.47. The van der Waals surface area contributed by atoms with Crippen molar-refractivity contribution in [1.29, 1.82) is 0 Å². The van der Waals surface area contributed by atoms with Crippen molar-refractivity contribution in [3.8, 4) is 12.3 Å². The van der Waals surface area contributed by atoms with Crippen LogP contribution in [0, 0.1) is 28.6 Å². The van der Waals surface area contributed by atoms with Gasteiger partial charge in [0, 0.05) is 24.0 Å². The Hall–Kier alpha value is 0.144. The molecule has 0 bridgehead atoms. The van der Waals surface area contributed by atoms with Gasteiger partial charge < -0.3 is 0 Å². The molecule has 1 saturated carbocycles. The largest absolute Gasteiger partial charge is 0.119 e. The molecule has 0 aliphatic heterocycles. The van der Waals surface area contributed by atoms with Crippen molar-refractivity contribution in [2.75, 3.05) is 0 Å². The first-order chi connectivity index (χ1) is 4.31. The predicted molar refractivity (Wildman–Crippen MR) is 44.5 cm³/mol. The van der Waals surface area contributed by atoms with E-state index < -0.39 is 0 Å². The molecule has 0 atom stereocenters. The normalized spacial score (nSPS) is 28.0. The van der Waals surface area contributed by atoms with Crippen LogP contribution in [0.3, 0.4) is 0 Å². The van der Waals surface area contributed by atoms with E-state index in [4.69, 9.17) is 6.42 Å².